The third kappa shape index (κ3) is 3.03. The van der Waals surface area contributed by atoms with Crippen molar-refractivity contribution in [1.29, 1.82) is 0 Å². The lowest BCUT2D eigenvalue weighted by Gasteiger charge is -2.17. The molecule has 0 saturated carbocycles. The van der Waals surface area contributed by atoms with Crippen LogP contribution in [0.5, 0.6) is 5.75 Å². The fourth-order valence-corrected chi connectivity index (χ4v) is 3.33. The molecule has 3 heteroatoms. The fourth-order valence-electron chi connectivity index (χ4n) is 3.33. The molecule has 130 valence electrons. The Hall–Kier alpha value is -2.88. The van der Waals surface area contributed by atoms with Crippen LogP contribution in [0.2, 0.25) is 0 Å². The van der Waals surface area contributed by atoms with Crippen molar-refractivity contribution in [3.05, 3.63) is 78.9 Å². The molecule has 26 heavy (non-hydrogen) atoms. The van der Waals surface area contributed by atoms with E-state index in [1.165, 1.54) is 5.39 Å². The summed E-state index contributed by atoms with van der Waals surface area (Å²) in [7, 11) is 0. The van der Waals surface area contributed by atoms with E-state index in [-0.39, 0.29) is 13.2 Å². The van der Waals surface area contributed by atoms with Gasteiger partial charge in [-0.15, -0.1) is 0 Å². The number of aliphatic hydroxyl groups excluding tert-OH is 2. The van der Waals surface area contributed by atoms with Gasteiger partial charge in [-0.1, -0.05) is 72.8 Å². The minimum atomic E-state index is -0.901. The molecule has 0 aliphatic carbocycles. The van der Waals surface area contributed by atoms with Gasteiger partial charge in [-0.25, -0.2) is 0 Å². The molecule has 4 rings (SSSR count). The van der Waals surface area contributed by atoms with E-state index < -0.39 is 6.10 Å². The van der Waals surface area contributed by atoms with Gasteiger partial charge in [-0.3, -0.25) is 0 Å². The van der Waals surface area contributed by atoms with Gasteiger partial charge >= 0.3 is 0 Å². The Morgan fingerprint density at radius 3 is 2.15 bits per heavy atom. The van der Waals surface area contributed by atoms with Crippen molar-refractivity contribution in [2.45, 2.75) is 6.10 Å². The minimum absolute atomic E-state index is 0.0482. The predicted molar refractivity (Wildman–Crippen MR) is 105 cm³/mol. The smallest absolute Gasteiger partial charge is 0.127 e. The summed E-state index contributed by atoms with van der Waals surface area (Å²) in [6.45, 7) is -0.274. The third-order valence-electron chi connectivity index (χ3n) is 4.59. The average Bonchev–Trinajstić information content (AvgIpc) is 2.71. The average molecular weight is 344 g/mol. The van der Waals surface area contributed by atoms with Crippen LogP contribution in [0, 0.1) is 0 Å². The molecule has 4 aromatic carbocycles. The molecule has 0 aromatic heterocycles. The van der Waals surface area contributed by atoms with Crippen molar-refractivity contribution < 1.29 is 14.9 Å². The second-order valence-electron chi connectivity index (χ2n) is 6.33. The highest BCUT2D eigenvalue weighted by molar-refractivity contribution is 6.07. The van der Waals surface area contributed by atoms with Crippen molar-refractivity contribution in [3.63, 3.8) is 0 Å². The molecule has 0 heterocycles. The number of hydrogen-bond acceptors (Lipinski definition) is 3. The van der Waals surface area contributed by atoms with Crippen molar-refractivity contribution >= 4 is 21.5 Å². The zero-order chi connectivity index (χ0) is 17.9. The number of fused-ring (bicyclic) bond motifs is 2. The highest BCUT2D eigenvalue weighted by Crippen LogP contribution is 2.40. The number of rotatable bonds is 5. The molecular weight excluding hydrogens is 324 g/mol. The molecular formula is C23H20O3. The van der Waals surface area contributed by atoms with Gasteiger partial charge in [0, 0.05) is 5.56 Å². The summed E-state index contributed by atoms with van der Waals surface area (Å²) in [4.78, 5) is 0. The lowest BCUT2D eigenvalue weighted by Crippen LogP contribution is -2.21. The van der Waals surface area contributed by atoms with Crippen molar-refractivity contribution in [2.24, 2.45) is 0 Å². The second-order valence-corrected chi connectivity index (χ2v) is 6.33. The summed E-state index contributed by atoms with van der Waals surface area (Å²) < 4.78 is 5.89. The quantitative estimate of drug-likeness (QED) is 0.564. The molecule has 0 bridgehead atoms. The maximum absolute atomic E-state index is 9.69. The summed E-state index contributed by atoms with van der Waals surface area (Å²) in [5.74, 6) is 0.701. The Labute approximate surface area is 152 Å². The molecule has 0 amide bonds. The second kappa shape index (κ2) is 7.16. The number of ether oxygens (including phenoxy) is 1. The molecule has 1 atom stereocenters. The molecule has 1 unspecified atom stereocenters. The molecule has 0 aliphatic rings. The normalized spacial score (nSPS) is 12.4. The molecule has 2 N–H and O–H groups in total. The molecule has 0 aliphatic heterocycles. The monoisotopic (exact) mass is 344 g/mol. The van der Waals surface area contributed by atoms with Gasteiger partial charge in [0.25, 0.3) is 0 Å². The van der Waals surface area contributed by atoms with E-state index in [1.54, 1.807) is 0 Å². The van der Waals surface area contributed by atoms with E-state index in [9.17, 15) is 5.11 Å². The Morgan fingerprint density at radius 1 is 0.731 bits per heavy atom. The van der Waals surface area contributed by atoms with Crippen LogP contribution < -0.4 is 4.74 Å². The van der Waals surface area contributed by atoms with Gasteiger partial charge < -0.3 is 14.9 Å². The van der Waals surface area contributed by atoms with Crippen molar-refractivity contribution in [2.75, 3.05) is 13.2 Å². The van der Waals surface area contributed by atoms with E-state index in [0.29, 0.717) is 5.75 Å². The van der Waals surface area contributed by atoms with E-state index in [0.717, 1.165) is 27.3 Å². The van der Waals surface area contributed by atoms with Gasteiger partial charge in [0.1, 0.15) is 18.5 Å². The molecule has 4 aromatic rings. The first-order valence-corrected chi connectivity index (χ1v) is 8.69. The van der Waals surface area contributed by atoms with Gasteiger partial charge in [-0.2, -0.15) is 0 Å². The molecule has 0 saturated heterocycles. The lowest BCUT2D eigenvalue weighted by atomic mass is 9.93. The molecule has 0 spiro atoms. The first-order valence-electron chi connectivity index (χ1n) is 8.69. The Kier molecular flexibility index (Phi) is 4.57. The van der Waals surface area contributed by atoms with Crippen molar-refractivity contribution in [1.82, 2.24) is 0 Å². The maximum Gasteiger partial charge on any atom is 0.127 e. The standard InChI is InChI=1S/C23H20O3/c24-14-18(25)15-26-22-13-12-17-7-2-4-10-20(17)23(22)21-11-5-8-16-6-1-3-9-19(16)21/h1-13,18,24-25H,14-15H2. The van der Waals surface area contributed by atoms with Crippen LogP contribution in [0.1, 0.15) is 0 Å². The Morgan fingerprint density at radius 2 is 1.38 bits per heavy atom. The largest absolute Gasteiger partial charge is 0.490 e. The van der Waals surface area contributed by atoms with Crippen LogP contribution in [0.25, 0.3) is 32.7 Å². The van der Waals surface area contributed by atoms with Crippen LogP contribution in [0.15, 0.2) is 78.9 Å². The topological polar surface area (TPSA) is 49.7 Å². The first-order chi connectivity index (χ1) is 12.8. The van der Waals surface area contributed by atoms with Gasteiger partial charge in [0.05, 0.1) is 6.61 Å². The first kappa shape index (κ1) is 16.6. The zero-order valence-corrected chi connectivity index (χ0v) is 14.3. The SMILES string of the molecule is OCC(O)COc1ccc2ccccc2c1-c1cccc2ccccc12. The van der Waals surface area contributed by atoms with Crippen LogP contribution >= 0.6 is 0 Å². The van der Waals surface area contributed by atoms with E-state index >= 15 is 0 Å². The summed E-state index contributed by atoms with van der Waals surface area (Å²) >= 11 is 0. The zero-order valence-electron chi connectivity index (χ0n) is 14.3. The lowest BCUT2D eigenvalue weighted by molar-refractivity contribution is 0.0538. The Balaban J connectivity index is 1.96. The summed E-state index contributed by atoms with van der Waals surface area (Å²) in [6.07, 6.45) is -0.901. The Bertz CT molecular complexity index is 1050. The molecule has 0 fully saturated rings. The van der Waals surface area contributed by atoms with Crippen LogP contribution in [0.4, 0.5) is 0 Å². The fraction of sp³-hybridized carbons (Fsp3) is 0.130. The number of benzene rings is 4. The minimum Gasteiger partial charge on any atom is -0.490 e. The van der Waals surface area contributed by atoms with E-state index in [2.05, 4.69) is 36.4 Å². The van der Waals surface area contributed by atoms with Crippen LogP contribution in [-0.4, -0.2) is 29.5 Å². The van der Waals surface area contributed by atoms with E-state index in [4.69, 9.17) is 9.84 Å². The summed E-state index contributed by atoms with van der Waals surface area (Å²) in [6, 6.07) is 26.7. The third-order valence-corrected chi connectivity index (χ3v) is 4.59. The summed E-state index contributed by atoms with van der Waals surface area (Å²) in [5.41, 5.74) is 2.10. The highest BCUT2D eigenvalue weighted by atomic mass is 16.5. The van der Waals surface area contributed by atoms with Gasteiger partial charge in [-0.05, 0) is 33.2 Å². The molecule has 3 nitrogen and oxygen atoms in total. The molecule has 0 radical (unpaired) electrons. The van der Waals surface area contributed by atoms with E-state index in [1.807, 2.05) is 42.5 Å². The summed E-state index contributed by atoms with van der Waals surface area (Å²) in [5, 5.41) is 23.3. The highest BCUT2D eigenvalue weighted by Gasteiger charge is 2.15. The van der Waals surface area contributed by atoms with Gasteiger partial charge in [0.2, 0.25) is 0 Å². The predicted octanol–water partition coefficient (Wildman–Crippen LogP) is 4.39. The number of aliphatic hydroxyl groups is 2. The van der Waals surface area contributed by atoms with Gasteiger partial charge in [0.15, 0.2) is 0 Å². The van der Waals surface area contributed by atoms with Crippen LogP contribution in [-0.2, 0) is 0 Å². The maximum atomic E-state index is 9.69. The number of hydrogen-bond donors (Lipinski definition) is 2. The van der Waals surface area contributed by atoms with Crippen molar-refractivity contribution in [3.8, 4) is 16.9 Å². The van der Waals surface area contributed by atoms with Crippen LogP contribution in [0.3, 0.4) is 0 Å².